The molecular formula is C18H23N3O2. The Balaban J connectivity index is 1.70. The summed E-state index contributed by atoms with van der Waals surface area (Å²) in [6.45, 7) is 1.73. The van der Waals surface area contributed by atoms with Gasteiger partial charge in [-0.1, -0.05) is 30.3 Å². The summed E-state index contributed by atoms with van der Waals surface area (Å²) in [5.41, 5.74) is 1.53. The molecule has 0 unspecified atom stereocenters. The van der Waals surface area contributed by atoms with Crippen LogP contribution in [0, 0.1) is 5.92 Å². The summed E-state index contributed by atoms with van der Waals surface area (Å²) in [6.07, 6.45) is 4.91. The Hall–Kier alpha value is -2.30. The van der Waals surface area contributed by atoms with Crippen LogP contribution >= 0.6 is 0 Å². The maximum absolute atomic E-state index is 12.3. The first-order valence-electron chi connectivity index (χ1n) is 8.12. The van der Waals surface area contributed by atoms with Crippen LogP contribution in [0.5, 0.6) is 0 Å². The fraction of sp³-hybridized carbons (Fsp3) is 0.444. The molecule has 0 atom stereocenters. The molecule has 1 aliphatic heterocycles. The van der Waals surface area contributed by atoms with Gasteiger partial charge < -0.3 is 9.47 Å². The number of anilines is 1. The highest BCUT2D eigenvalue weighted by atomic mass is 16.2. The molecule has 0 saturated carbocycles. The van der Waals surface area contributed by atoms with E-state index in [1.54, 1.807) is 13.2 Å². The molecule has 0 spiro atoms. The second-order valence-corrected chi connectivity index (χ2v) is 6.39. The van der Waals surface area contributed by atoms with Crippen molar-refractivity contribution >= 4 is 5.69 Å². The molecule has 5 nitrogen and oxygen atoms in total. The first-order valence-corrected chi connectivity index (χ1v) is 8.12. The molecule has 122 valence electrons. The molecule has 1 aromatic heterocycles. The highest BCUT2D eigenvalue weighted by molar-refractivity contribution is 5.42. The third-order valence-corrected chi connectivity index (χ3v) is 4.75. The Morgan fingerprint density at radius 2 is 1.70 bits per heavy atom. The molecule has 2 heterocycles. The van der Waals surface area contributed by atoms with Gasteiger partial charge in [0.1, 0.15) is 5.69 Å². The van der Waals surface area contributed by atoms with Gasteiger partial charge in [-0.15, -0.1) is 0 Å². The smallest absolute Gasteiger partial charge is 0.330 e. The van der Waals surface area contributed by atoms with Gasteiger partial charge in [-0.2, -0.15) is 0 Å². The Morgan fingerprint density at radius 3 is 2.35 bits per heavy atom. The topological polar surface area (TPSA) is 47.2 Å². The van der Waals surface area contributed by atoms with E-state index in [4.69, 9.17) is 0 Å². The van der Waals surface area contributed by atoms with Crippen LogP contribution in [0.2, 0.25) is 0 Å². The van der Waals surface area contributed by atoms with E-state index in [0.29, 0.717) is 11.6 Å². The number of nitrogens with zero attached hydrogens (tertiary/aromatic N) is 3. The number of aromatic nitrogens is 2. The van der Waals surface area contributed by atoms with E-state index in [0.717, 1.165) is 32.4 Å². The van der Waals surface area contributed by atoms with E-state index >= 15 is 0 Å². The normalized spacial score (nSPS) is 15.8. The molecular weight excluding hydrogens is 290 g/mol. The van der Waals surface area contributed by atoms with Crippen molar-refractivity contribution in [2.24, 2.45) is 20.0 Å². The molecule has 0 amide bonds. The van der Waals surface area contributed by atoms with Crippen molar-refractivity contribution in [1.82, 2.24) is 9.13 Å². The Morgan fingerprint density at radius 1 is 1.04 bits per heavy atom. The van der Waals surface area contributed by atoms with Gasteiger partial charge in [0.15, 0.2) is 0 Å². The summed E-state index contributed by atoms with van der Waals surface area (Å²) in [5.74, 6) is 0.657. The molecule has 1 aliphatic rings. The van der Waals surface area contributed by atoms with E-state index in [-0.39, 0.29) is 11.2 Å². The van der Waals surface area contributed by atoms with Crippen LogP contribution in [-0.4, -0.2) is 22.2 Å². The lowest BCUT2D eigenvalue weighted by molar-refractivity contribution is 0.402. The molecule has 5 heteroatoms. The number of piperidine rings is 1. The Kier molecular flexibility index (Phi) is 4.37. The predicted molar refractivity (Wildman–Crippen MR) is 92.0 cm³/mol. The molecule has 1 saturated heterocycles. The third-order valence-electron chi connectivity index (χ3n) is 4.75. The van der Waals surface area contributed by atoms with Gasteiger partial charge in [-0.3, -0.25) is 9.36 Å². The summed E-state index contributed by atoms with van der Waals surface area (Å²) in [5, 5.41) is 0. The van der Waals surface area contributed by atoms with Crippen LogP contribution in [0.3, 0.4) is 0 Å². The van der Waals surface area contributed by atoms with Crippen LogP contribution in [-0.2, 0) is 20.5 Å². The monoisotopic (exact) mass is 313 g/mol. The second-order valence-electron chi connectivity index (χ2n) is 6.39. The van der Waals surface area contributed by atoms with Crippen molar-refractivity contribution in [2.45, 2.75) is 19.3 Å². The average Bonchev–Trinajstić information content (AvgIpc) is 2.58. The Labute approximate surface area is 135 Å². The molecule has 23 heavy (non-hydrogen) atoms. The fourth-order valence-corrected chi connectivity index (χ4v) is 3.33. The lowest BCUT2D eigenvalue weighted by atomic mass is 9.90. The molecule has 0 aliphatic carbocycles. The SMILES string of the molecule is Cn1cc(N2CCC(Cc3ccccc3)CC2)c(=O)n(C)c1=O. The van der Waals surface area contributed by atoms with Crippen LogP contribution in [0.15, 0.2) is 46.1 Å². The zero-order chi connectivity index (χ0) is 16.4. The van der Waals surface area contributed by atoms with E-state index < -0.39 is 0 Å². The molecule has 1 aromatic carbocycles. The molecule has 0 N–H and O–H groups in total. The highest BCUT2D eigenvalue weighted by Gasteiger charge is 2.22. The molecule has 0 radical (unpaired) electrons. The van der Waals surface area contributed by atoms with Crippen molar-refractivity contribution < 1.29 is 0 Å². The van der Waals surface area contributed by atoms with Crippen molar-refractivity contribution in [3.63, 3.8) is 0 Å². The number of hydrogen-bond acceptors (Lipinski definition) is 3. The largest absolute Gasteiger partial charge is 0.366 e. The molecule has 1 fully saturated rings. The van der Waals surface area contributed by atoms with Crippen molar-refractivity contribution in [1.29, 1.82) is 0 Å². The van der Waals surface area contributed by atoms with Crippen LogP contribution in [0.1, 0.15) is 18.4 Å². The van der Waals surface area contributed by atoms with E-state index in [2.05, 4.69) is 29.2 Å². The summed E-state index contributed by atoms with van der Waals surface area (Å²) in [7, 11) is 3.23. The maximum atomic E-state index is 12.3. The fourth-order valence-electron chi connectivity index (χ4n) is 3.33. The number of rotatable bonds is 3. The number of hydrogen-bond donors (Lipinski definition) is 0. The minimum Gasteiger partial charge on any atom is -0.366 e. The lowest BCUT2D eigenvalue weighted by Gasteiger charge is -2.33. The van der Waals surface area contributed by atoms with E-state index in [1.807, 2.05) is 6.07 Å². The molecule has 0 bridgehead atoms. The van der Waals surface area contributed by atoms with Gasteiger partial charge in [0.05, 0.1) is 0 Å². The first-order chi connectivity index (χ1) is 11.1. The van der Waals surface area contributed by atoms with Crippen LogP contribution in [0.25, 0.3) is 0 Å². The zero-order valence-corrected chi connectivity index (χ0v) is 13.7. The first kappa shape index (κ1) is 15.6. The standard InChI is InChI=1S/C18H23N3O2/c1-19-13-16(17(22)20(2)18(19)23)21-10-8-15(9-11-21)12-14-6-4-3-5-7-14/h3-7,13,15H,8-12H2,1-2H3. The number of aryl methyl sites for hydroxylation is 1. The summed E-state index contributed by atoms with van der Waals surface area (Å²) < 4.78 is 2.66. The maximum Gasteiger partial charge on any atom is 0.330 e. The van der Waals surface area contributed by atoms with Crippen molar-refractivity contribution in [3.05, 3.63) is 62.9 Å². The predicted octanol–water partition coefficient (Wildman–Crippen LogP) is 1.54. The third kappa shape index (κ3) is 3.23. The van der Waals surface area contributed by atoms with Gasteiger partial charge in [-0.25, -0.2) is 4.79 Å². The number of benzene rings is 1. The van der Waals surface area contributed by atoms with E-state index in [1.165, 1.54) is 21.7 Å². The minimum atomic E-state index is -0.280. The van der Waals surface area contributed by atoms with Gasteiger partial charge >= 0.3 is 5.69 Å². The molecule has 3 rings (SSSR count). The van der Waals surface area contributed by atoms with Crippen molar-refractivity contribution in [3.8, 4) is 0 Å². The lowest BCUT2D eigenvalue weighted by Crippen LogP contribution is -2.43. The minimum absolute atomic E-state index is 0.199. The average molecular weight is 313 g/mol. The highest BCUT2D eigenvalue weighted by Crippen LogP contribution is 2.23. The molecule has 2 aromatic rings. The van der Waals surface area contributed by atoms with Gasteiger partial charge in [-0.05, 0) is 30.7 Å². The summed E-state index contributed by atoms with van der Waals surface area (Å²) in [4.78, 5) is 26.2. The quantitative estimate of drug-likeness (QED) is 0.863. The summed E-state index contributed by atoms with van der Waals surface area (Å²) >= 11 is 0. The zero-order valence-electron chi connectivity index (χ0n) is 13.7. The van der Waals surface area contributed by atoms with Crippen LogP contribution in [0.4, 0.5) is 5.69 Å². The second kappa shape index (κ2) is 6.44. The van der Waals surface area contributed by atoms with E-state index in [9.17, 15) is 9.59 Å². The van der Waals surface area contributed by atoms with Gasteiger partial charge in [0.2, 0.25) is 0 Å². The van der Waals surface area contributed by atoms with Gasteiger partial charge in [0, 0.05) is 33.4 Å². The summed E-state index contributed by atoms with van der Waals surface area (Å²) in [6, 6.07) is 10.6. The Bertz CT molecular complexity index is 784. The van der Waals surface area contributed by atoms with Crippen molar-refractivity contribution in [2.75, 3.05) is 18.0 Å². The van der Waals surface area contributed by atoms with Crippen LogP contribution < -0.4 is 16.1 Å². The van der Waals surface area contributed by atoms with Gasteiger partial charge in [0.25, 0.3) is 5.56 Å².